The quantitative estimate of drug-likeness (QED) is 0.769. The SMILES string of the molecule is Cc1ccc(C)c(NC(=O)C(C)(C)C(=O)NCCN2CCOCC2)c1. The Kier molecular flexibility index (Phi) is 6.56. The molecule has 0 aliphatic carbocycles. The first-order chi connectivity index (χ1) is 11.8. The molecule has 0 spiro atoms. The largest absolute Gasteiger partial charge is 0.379 e. The smallest absolute Gasteiger partial charge is 0.239 e. The molecule has 0 radical (unpaired) electrons. The monoisotopic (exact) mass is 347 g/mol. The summed E-state index contributed by atoms with van der Waals surface area (Å²) in [5, 5.41) is 5.77. The van der Waals surface area contributed by atoms with E-state index >= 15 is 0 Å². The van der Waals surface area contributed by atoms with Gasteiger partial charge in [-0.15, -0.1) is 0 Å². The summed E-state index contributed by atoms with van der Waals surface area (Å²) in [6.45, 7) is 11.7. The number of ether oxygens (including phenoxy) is 1. The fourth-order valence-electron chi connectivity index (χ4n) is 2.63. The number of carbonyl (C=O) groups is 2. The molecule has 1 aromatic carbocycles. The highest BCUT2D eigenvalue weighted by molar-refractivity contribution is 6.10. The molecule has 1 aromatic rings. The predicted octanol–water partition coefficient (Wildman–Crippen LogP) is 1.72. The van der Waals surface area contributed by atoms with Gasteiger partial charge in [0.25, 0.3) is 0 Å². The van der Waals surface area contributed by atoms with E-state index in [9.17, 15) is 9.59 Å². The number of benzene rings is 1. The van der Waals surface area contributed by atoms with Crippen LogP contribution in [-0.2, 0) is 14.3 Å². The van der Waals surface area contributed by atoms with Crippen LogP contribution in [0.15, 0.2) is 18.2 Å². The third kappa shape index (κ3) is 5.28. The first-order valence-electron chi connectivity index (χ1n) is 8.78. The number of anilines is 1. The average Bonchev–Trinajstić information content (AvgIpc) is 2.58. The lowest BCUT2D eigenvalue weighted by Crippen LogP contribution is -2.48. The van der Waals surface area contributed by atoms with Crippen molar-refractivity contribution in [2.75, 3.05) is 44.7 Å². The Labute approximate surface area is 149 Å². The van der Waals surface area contributed by atoms with E-state index in [0.717, 1.165) is 49.7 Å². The van der Waals surface area contributed by atoms with Crippen molar-refractivity contribution >= 4 is 17.5 Å². The van der Waals surface area contributed by atoms with Gasteiger partial charge in [0.1, 0.15) is 5.41 Å². The molecule has 0 saturated carbocycles. The number of amides is 2. The fraction of sp³-hybridized carbons (Fsp3) is 0.579. The minimum Gasteiger partial charge on any atom is -0.379 e. The second-order valence-corrected chi connectivity index (χ2v) is 7.11. The Morgan fingerprint density at radius 3 is 2.52 bits per heavy atom. The van der Waals surface area contributed by atoms with E-state index in [1.807, 2.05) is 32.0 Å². The van der Waals surface area contributed by atoms with Crippen LogP contribution < -0.4 is 10.6 Å². The van der Waals surface area contributed by atoms with Crippen molar-refractivity contribution in [1.82, 2.24) is 10.2 Å². The molecular weight excluding hydrogens is 318 g/mol. The summed E-state index contributed by atoms with van der Waals surface area (Å²) in [7, 11) is 0. The van der Waals surface area contributed by atoms with Gasteiger partial charge in [-0.1, -0.05) is 12.1 Å². The molecule has 2 amide bonds. The Morgan fingerprint density at radius 2 is 1.84 bits per heavy atom. The van der Waals surface area contributed by atoms with Gasteiger partial charge >= 0.3 is 0 Å². The topological polar surface area (TPSA) is 70.7 Å². The summed E-state index contributed by atoms with van der Waals surface area (Å²) in [6.07, 6.45) is 0. The summed E-state index contributed by atoms with van der Waals surface area (Å²) >= 11 is 0. The van der Waals surface area contributed by atoms with E-state index in [0.29, 0.717) is 6.54 Å². The van der Waals surface area contributed by atoms with Crippen molar-refractivity contribution in [3.8, 4) is 0 Å². The molecule has 2 N–H and O–H groups in total. The van der Waals surface area contributed by atoms with Crippen LogP contribution in [0.4, 0.5) is 5.69 Å². The van der Waals surface area contributed by atoms with Gasteiger partial charge in [0.05, 0.1) is 13.2 Å². The Hall–Kier alpha value is -1.92. The lowest BCUT2D eigenvalue weighted by atomic mass is 9.90. The van der Waals surface area contributed by atoms with Crippen molar-refractivity contribution in [3.63, 3.8) is 0 Å². The van der Waals surface area contributed by atoms with Gasteiger partial charge in [0.15, 0.2) is 0 Å². The zero-order valence-corrected chi connectivity index (χ0v) is 15.6. The van der Waals surface area contributed by atoms with E-state index < -0.39 is 5.41 Å². The summed E-state index contributed by atoms with van der Waals surface area (Å²) in [5.41, 5.74) is 1.65. The average molecular weight is 347 g/mol. The molecule has 6 heteroatoms. The predicted molar refractivity (Wildman–Crippen MR) is 98.6 cm³/mol. The van der Waals surface area contributed by atoms with E-state index in [1.54, 1.807) is 13.8 Å². The molecule has 1 fully saturated rings. The maximum atomic E-state index is 12.6. The molecule has 0 aromatic heterocycles. The summed E-state index contributed by atoms with van der Waals surface area (Å²) in [4.78, 5) is 27.3. The molecule has 25 heavy (non-hydrogen) atoms. The van der Waals surface area contributed by atoms with Crippen LogP contribution in [0, 0.1) is 19.3 Å². The van der Waals surface area contributed by atoms with E-state index in [4.69, 9.17) is 4.74 Å². The molecule has 138 valence electrons. The fourth-order valence-corrected chi connectivity index (χ4v) is 2.63. The molecule has 0 bridgehead atoms. The number of aryl methyl sites for hydroxylation is 2. The normalized spacial score (nSPS) is 15.7. The lowest BCUT2D eigenvalue weighted by molar-refractivity contribution is -0.138. The van der Waals surface area contributed by atoms with E-state index in [2.05, 4.69) is 15.5 Å². The van der Waals surface area contributed by atoms with E-state index in [1.165, 1.54) is 0 Å². The van der Waals surface area contributed by atoms with Gasteiger partial charge in [0, 0.05) is 31.9 Å². The number of rotatable bonds is 6. The molecule has 6 nitrogen and oxygen atoms in total. The number of hydrogen-bond donors (Lipinski definition) is 2. The molecule has 1 heterocycles. The van der Waals surface area contributed by atoms with Gasteiger partial charge in [0.2, 0.25) is 11.8 Å². The van der Waals surface area contributed by atoms with Crippen molar-refractivity contribution in [3.05, 3.63) is 29.3 Å². The van der Waals surface area contributed by atoms with Crippen LogP contribution in [0.5, 0.6) is 0 Å². The van der Waals surface area contributed by atoms with Crippen molar-refractivity contribution < 1.29 is 14.3 Å². The zero-order valence-electron chi connectivity index (χ0n) is 15.6. The van der Waals surface area contributed by atoms with Gasteiger partial charge in [-0.3, -0.25) is 14.5 Å². The van der Waals surface area contributed by atoms with Gasteiger partial charge < -0.3 is 15.4 Å². The molecular formula is C19H29N3O3. The maximum absolute atomic E-state index is 12.6. The number of carbonyl (C=O) groups excluding carboxylic acids is 2. The number of nitrogens with zero attached hydrogens (tertiary/aromatic N) is 1. The van der Waals surface area contributed by atoms with Gasteiger partial charge in [-0.2, -0.15) is 0 Å². The molecule has 0 unspecified atom stereocenters. The number of hydrogen-bond acceptors (Lipinski definition) is 4. The van der Waals surface area contributed by atoms with Crippen LogP contribution in [0.3, 0.4) is 0 Å². The van der Waals surface area contributed by atoms with Crippen LogP contribution in [0.2, 0.25) is 0 Å². The highest BCUT2D eigenvalue weighted by Crippen LogP contribution is 2.22. The minimum absolute atomic E-state index is 0.261. The number of nitrogens with one attached hydrogen (secondary N) is 2. The minimum atomic E-state index is -1.14. The molecule has 2 rings (SSSR count). The van der Waals surface area contributed by atoms with Crippen LogP contribution in [0.1, 0.15) is 25.0 Å². The van der Waals surface area contributed by atoms with Crippen LogP contribution >= 0.6 is 0 Å². The van der Waals surface area contributed by atoms with E-state index in [-0.39, 0.29) is 11.8 Å². The second kappa shape index (κ2) is 8.45. The zero-order chi connectivity index (χ0) is 18.4. The third-order valence-electron chi connectivity index (χ3n) is 4.59. The van der Waals surface area contributed by atoms with Crippen LogP contribution in [-0.4, -0.2) is 56.1 Å². The maximum Gasteiger partial charge on any atom is 0.239 e. The summed E-state index contributed by atoms with van der Waals surface area (Å²) in [6, 6.07) is 5.87. The Balaban J connectivity index is 1.88. The highest BCUT2D eigenvalue weighted by Gasteiger charge is 2.36. The molecule has 1 aliphatic heterocycles. The Bertz CT molecular complexity index is 622. The summed E-state index contributed by atoms with van der Waals surface area (Å²) < 4.78 is 5.31. The first-order valence-corrected chi connectivity index (χ1v) is 8.78. The van der Waals surface area contributed by atoms with Crippen molar-refractivity contribution in [1.29, 1.82) is 0 Å². The molecule has 1 aliphatic rings. The van der Waals surface area contributed by atoms with Gasteiger partial charge in [-0.05, 0) is 44.9 Å². The number of morpholine rings is 1. The van der Waals surface area contributed by atoms with Gasteiger partial charge in [-0.25, -0.2) is 0 Å². The first kappa shape index (κ1) is 19.4. The van der Waals surface area contributed by atoms with Crippen molar-refractivity contribution in [2.45, 2.75) is 27.7 Å². The lowest BCUT2D eigenvalue weighted by Gasteiger charge is -2.28. The summed E-state index contributed by atoms with van der Waals surface area (Å²) in [5.74, 6) is -0.561. The molecule has 0 atom stereocenters. The van der Waals surface area contributed by atoms with Crippen molar-refractivity contribution in [2.24, 2.45) is 5.41 Å². The second-order valence-electron chi connectivity index (χ2n) is 7.11. The standard InChI is InChI=1S/C19H29N3O3/c1-14-5-6-15(2)16(13-14)21-18(24)19(3,4)17(23)20-7-8-22-9-11-25-12-10-22/h5-6,13H,7-12H2,1-4H3,(H,20,23)(H,21,24). The van der Waals surface area contributed by atoms with Crippen LogP contribution in [0.25, 0.3) is 0 Å². The highest BCUT2D eigenvalue weighted by atomic mass is 16.5. The Morgan fingerprint density at radius 1 is 1.16 bits per heavy atom. The molecule has 1 saturated heterocycles. The third-order valence-corrected chi connectivity index (χ3v) is 4.59.